The van der Waals surface area contributed by atoms with Crippen LogP contribution in [0.3, 0.4) is 0 Å². The summed E-state index contributed by atoms with van der Waals surface area (Å²) in [4.78, 5) is 20.8. The number of carbonyl (C=O) groups excluding carboxylic acids is 1. The highest BCUT2D eigenvalue weighted by Gasteiger charge is 2.37. The van der Waals surface area contributed by atoms with Crippen LogP contribution in [0.25, 0.3) is 11.5 Å². The van der Waals surface area contributed by atoms with Gasteiger partial charge in [0.15, 0.2) is 0 Å². The van der Waals surface area contributed by atoms with E-state index in [4.69, 9.17) is 4.42 Å². The standard InChI is InChI=1S/C24H25N3O4S/c1-17-7-11-20(12-8-17)32(29,30)22-24(31-21(25-22)18-5-3-2-4-6-18)27-15-13-26(14-16-27)23(28)19-9-10-19/h2-8,11-12,19H,9-10,13-16H2,1H3. The Hall–Kier alpha value is -3.13. The Morgan fingerprint density at radius 3 is 2.25 bits per heavy atom. The number of nitrogens with zero attached hydrogens (tertiary/aromatic N) is 3. The number of hydrogen-bond donors (Lipinski definition) is 0. The number of benzene rings is 2. The molecule has 7 nitrogen and oxygen atoms in total. The van der Waals surface area contributed by atoms with Crippen molar-refractivity contribution < 1.29 is 17.6 Å². The second kappa shape index (κ2) is 8.09. The zero-order valence-electron chi connectivity index (χ0n) is 17.9. The normalized spacial score (nSPS) is 16.9. The molecular formula is C24H25N3O4S. The number of anilines is 1. The van der Waals surface area contributed by atoms with Crippen molar-refractivity contribution in [3.05, 3.63) is 60.2 Å². The first kappa shape index (κ1) is 20.8. The van der Waals surface area contributed by atoms with Crippen molar-refractivity contribution in [2.45, 2.75) is 29.7 Å². The van der Waals surface area contributed by atoms with Crippen LogP contribution in [0.15, 0.2) is 68.9 Å². The third-order valence-electron chi connectivity index (χ3n) is 5.99. The molecule has 0 bridgehead atoms. The van der Waals surface area contributed by atoms with Gasteiger partial charge in [-0.2, -0.15) is 4.98 Å². The van der Waals surface area contributed by atoms with Crippen LogP contribution < -0.4 is 4.90 Å². The number of sulfone groups is 1. The van der Waals surface area contributed by atoms with E-state index in [1.807, 2.05) is 47.1 Å². The number of aromatic nitrogens is 1. The maximum Gasteiger partial charge on any atom is 0.236 e. The molecule has 1 aromatic heterocycles. The quantitative estimate of drug-likeness (QED) is 0.590. The number of aryl methyl sites for hydroxylation is 1. The predicted molar refractivity (Wildman–Crippen MR) is 120 cm³/mol. The van der Waals surface area contributed by atoms with Gasteiger partial charge in [-0.1, -0.05) is 35.9 Å². The maximum absolute atomic E-state index is 13.5. The lowest BCUT2D eigenvalue weighted by molar-refractivity contribution is -0.132. The fourth-order valence-corrected chi connectivity index (χ4v) is 5.25. The summed E-state index contributed by atoms with van der Waals surface area (Å²) in [7, 11) is -3.88. The lowest BCUT2D eigenvalue weighted by atomic mass is 10.2. The summed E-state index contributed by atoms with van der Waals surface area (Å²) in [5.74, 6) is 0.888. The molecule has 5 rings (SSSR count). The van der Waals surface area contributed by atoms with Crippen LogP contribution in [0.2, 0.25) is 0 Å². The zero-order chi connectivity index (χ0) is 22.3. The summed E-state index contributed by atoms with van der Waals surface area (Å²) in [6, 6.07) is 16.0. The highest BCUT2D eigenvalue weighted by Crippen LogP contribution is 2.36. The van der Waals surface area contributed by atoms with Crippen LogP contribution in [0.5, 0.6) is 0 Å². The van der Waals surface area contributed by atoms with Crippen molar-refractivity contribution in [3.8, 4) is 11.5 Å². The van der Waals surface area contributed by atoms with Crippen molar-refractivity contribution in [3.63, 3.8) is 0 Å². The van der Waals surface area contributed by atoms with E-state index in [-0.39, 0.29) is 33.5 Å². The van der Waals surface area contributed by atoms with E-state index in [9.17, 15) is 13.2 Å². The van der Waals surface area contributed by atoms with E-state index in [0.717, 1.165) is 18.4 Å². The molecule has 0 atom stereocenters. The summed E-state index contributed by atoms with van der Waals surface area (Å²) < 4.78 is 33.1. The number of rotatable bonds is 5. The van der Waals surface area contributed by atoms with Crippen molar-refractivity contribution in [1.29, 1.82) is 0 Å². The number of hydrogen-bond acceptors (Lipinski definition) is 6. The largest absolute Gasteiger partial charge is 0.419 e. The van der Waals surface area contributed by atoms with Gasteiger partial charge in [0.05, 0.1) is 4.90 Å². The highest BCUT2D eigenvalue weighted by atomic mass is 32.2. The Labute approximate surface area is 187 Å². The van der Waals surface area contributed by atoms with Gasteiger partial charge in [0.25, 0.3) is 0 Å². The first-order valence-corrected chi connectivity index (χ1v) is 12.3. The Morgan fingerprint density at radius 2 is 1.62 bits per heavy atom. The lowest BCUT2D eigenvalue weighted by Crippen LogP contribution is -2.49. The topological polar surface area (TPSA) is 83.7 Å². The monoisotopic (exact) mass is 451 g/mol. The van der Waals surface area contributed by atoms with Gasteiger partial charge >= 0.3 is 0 Å². The van der Waals surface area contributed by atoms with E-state index in [0.29, 0.717) is 31.7 Å². The average Bonchev–Trinajstić information content (AvgIpc) is 3.57. The molecule has 8 heteroatoms. The molecule has 1 aliphatic carbocycles. The third kappa shape index (κ3) is 3.90. The molecule has 32 heavy (non-hydrogen) atoms. The zero-order valence-corrected chi connectivity index (χ0v) is 18.7. The lowest BCUT2D eigenvalue weighted by Gasteiger charge is -2.34. The van der Waals surface area contributed by atoms with Crippen LogP contribution in [0, 0.1) is 12.8 Å². The summed E-state index contributed by atoms with van der Waals surface area (Å²) in [6.45, 7) is 3.99. The summed E-state index contributed by atoms with van der Waals surface area (Å²) in [5.41, 5.74) is 1.69. The molecule has 2 fully saturated rings. The number of carbonyl (C=O) groups is 1. The van der Waals surface area contributed by atoms with Gasteiger partial charge in [0.1, 0.15) is 0 Å². The molecule has 0 unspecified atom stereocenters. The Kier molecular flexibility index (Phi) is 5.25. The highest BCUT2D eigenvalue weighted by molar-refractivity contribution is 7.91. The molecule has 2 aromatic carbocycles. The maximum atomic E-state index is 13.5. The SMILES string of the molecule is Cc1ccc(S(=O)(=O)c2nc(-c3ccccc3)oc2N2CCN(C(=O)C3CC3)CC2)cc1. The van der Waals surface area contributed by atoms with Crippen molar-refractivity contribution in [2.75, 3.05) is 31.1 Å². The summed E-state index contributed by atoms with van der Waals surface area (Å²) in [5, 5.41) is -0.0813. The Bertz CT molecular complexity index is 1220. The van der Waals surface area contributed by atoms with Crippen LogP contribution in [-0.2, 0) is 14.6 Å². The van der Waals surface area contributed by atoms with Crippen molar-refractivity contribution in [1.82, 2.24) is 9.88 Å². The van der Waals surface area contributed by atoms with Gasteiger partial charge in [-0.3, -0.25) is 4.79 Å². The smallest absolute Gasteiger partial charge is 0.236 e. The number of piperazine rings is 1. The van der Waals surface area contributed by atoms with Gasteiger partial charge in [-0.05, 0) is 44.0 Å². The Morgan fingerprint density at radius 1 is 0.969 bits per heavy atom. The fourth-order valence-electron chi connectivity index (χ4n) is 3.92. The van der Waals surface area contributed by atoms with Crippen molar-refractivity contribution in [2.24, 2.45) is 5.92 Å². The third-order valence-corrected chi connectivity index (χ3v) is 7.66. The molecule has 0 spiro atoms. The Balaban J connectivity index is 1.50. The minimum Gasteiger partial charge on any atom is -0.419 e. The summed E-state index contributed by atoms with van der Waals surface area (Å²) in [6.07, 6.45) is 1.95. The van der Waals surface area contributed by atoms with Gasteiger partial charge in [-0.15, -0.1) is 0 Å². The van der Waals surface area contributed by atoms with Gasteiger partial charge in [0, 0.05) is 37.7 Å². The molecule has 1 saturated carbocycles. The molecule has 1 saturated heterocycles. The summed E-state index contributed by atoms with van der Waals surface area (Å²) >= 11 is 0. The van der Waals surface area contributed by atoms with E-state index < -0.39 is 9.84 Å². The van der Waals surface area contributed by atoms with Crippen LogP contribution >= 0.6 is 0 Å². The minimum absolute atomic E-state index is 0.0813. The van der Waals surface area contributed by atoms with Crippen LogP contribution in [-0.4, -0.2) is 50.4 Å². The van der Waals surface area contributed by atoms with E-state index in [1.165, 1.54) is 0 Å². The van der Waals surface area contributed by atoms with Gasteiger partial charge < -0.3 is 14.2 Å². The van der Waals surface area contributed by atoms with E-state index in [2.05, 4.69) is 4.98 Å². The van der Waals surface area contributed by atoms with Crippen molar-refractivity contribution >= 4 is 21.6 Å². The molecule has 0 radical (unpaired) electrons. The fraction of sp³-hybridized carbons (Fsp3) is 0.333. The molecule has 166 valence electrons. The predicted octanol–water partition coefficient (Wildman–Crippen LogP) is 3.54. The molecular weight excluding hydrogens is 426 g/mol. The van der Waals surface area contributed by atoms with E-state index >= 15 is 0 Å². The van der Waals surface area contributed by atoms with Crippen LogP contribution in [0.1, 0.15) is 18.4 Å². The molecule has 3 aromatic rings. The molecule has 0 N–H and O–H groups in total. The average molecular weight is 452 g/mol. The van der Waals surface area contributed by atoms with Crippen LogP contribution in [0.4, 0.5) is 5.88 Å². The van der Waals surface area contributed by atoms with Gasteiger partial charge in [-0.25, -0.2) is 8.42 Å². The molecule has 2 heterocycles. The minimum atomic E-state index is -3.88. The first-order valence-electron chi connectivity index (χ1n) is 10.9. The van der Waals surface area contributed by atoms with Gasteiger partial charge in [0.2, 0.25) is 32.5 Å². The molecule has 2 aliphatic rings. The number of amides is 1. The molecule has 1 amide bonds. The second-order valence-corrected chi connectivity index (χ2v) is 10.3. The van der Waals surface area contributed by atoms with E-state index in [1.54, 1.807) is 24.3 Å². The number of oxazole rings is 1. The second-order valence-electron chi connectivity index (χ2n) is 8.40. The molecule has 1 aliphatic heterocycles. The first-order chi connectivity index (χ1) is 15.4.